The minimum atomic E-state index is -0.706. The summed E-state index contributed by atoms with van der Waals surface area (Å²) in [6, 6.07) is 18.6. The van der Waals surface area contributed by atoms with Gasteiger partial charge >= 0.3 is 0 Å². The fourth-order valence-corrected chi connectivity index (χ4v) is 5.03. The van der Waals surface area contributed by atoms with Crippen LogP contribution in [-0.2, 0) is 10.5 Å². The van der Waals surface area contributed by atoms with E-state index < -0.39 is 6.17 Å². The Labute approximate surface area is 217 Å². The van der Waals surface area contributed by atoms with E-state index in [-0.39, 0.29) is 5.91 Å². The van der Waals surface area contributed by atoms with Crippen molar-refractivity contribution >= 4 is 40.1 Å². The summed E-state index contributed by atoms with van der Waals surface area (Å²) in [6.07, 6.45) is -0.706. The summed E-state index contributed by atoms with van der Waals surface area (Å²) in [4.78, 5) is 18.4. The second-order valence-corrected chi connectivity index (χ2v) is 9.33. The van der Waals surface area contributed by atoms with E-state index in [0.717, 1.165) is 5.56 Å². The van der Waals surface area contributed by atoms with Crippen molar-refractivity contribution in [1.82, 2.24) is 10.3 Å². The lowest BCUT2D eigenvalue weighted by atomic mass is 10.1. The highest BCUT2D eigenvalue weighted by molar-refractivity contribution is 8.13. The average Bonchev–Trinajstić information content (AvgIpc) is 2.91. The molecule has 1 N–H and O–H groups in total. The van der Waals surface area contributed by atoms with E-state index in [2.05, 4.69) is 5.32 Å². The van der Waals surface area contributed by atoms with Gasteiger partial charge in [-0.25, -0.2) is 5.01 Å². The number of fused-ring (bicyclic) bond motifs is 2. The maximum Gasteiger partial charge on any atom is 0.276 e. The molecule has 3 aromatic rings. The number of methoxy groups -OCH3 is 3. The highest BCUT2D eigenvalue weighted by Gasteiger charge is 2.37. The van der Waals surface area contributed by atoms with Crippen LogP contribution in [0, 0.1) is 0 Å². The number of rotatable bonds is 6. The smallest absolute Gasteiger partial charge is 0.276 e. The largest absolute Gasteiger partial charge is 0.496 e. The van der Waals surface area contributed by atoms with Gasteiger partial charge in [-0.05, 0) is 23.8 Å². The number of amides is 1. The van der Waals surface area contributed by atoms with Crippen LogP contribution in [-0.4, -0.2) is 37.4 Å². The fourth-order valence-electron chi connectivity index (χ4n) is 4.10. The molecule has 0 unspecified atom stereocenters. The Morgan fingerprint density at radius 2 is 1.69 bits per heavy atom. The third kappa shape index (κ3) is 4.47. The lowest BCUT2D eigenvalue weighted by Crippen LogP contribution is -2.50. The van der Waals surface area contributed by atoms with Crippen LogP contribution in [0.25, 0.3) is 5.70 Å². The van der Waals surface area contributed by atoms with Gasteiger partial charge in [-0.2, -0.15) is 0 Å². The molecule has 184 valence electrons. The normalized spacial score (nSPS) is 16.3. The van der Waals surface area contributed by atoms with Crippen molar-refractivity contribution in [3.8, 4) is 17.2 Å². The minimum absolute atomic E-state index is 0.262. The van der Waals surface area contributed by atoms with Crippen molar-refractivity contribution in [1.29, 1.82) is 0 Å². The summed E-state index contributed by atoms with van der Waals surface area (Å²) < 4.78 is 16.8. The maximum absolute atomic E-state index is 13.4. The van der Waals surface area contributed by atoms with Gasteiger partial charge in [-0.3, -0.25) is 15.1 Å². The number of halogens is 1. The highest BCUT2D eigenvalue weighted by atomic mass is 35.5. The quantitative estimate of drug-likeness (QED) is 0.534. The topological polar surface area (TPSA) is 84.8 Å². The van der Waals surface area contributed by atoms with Gasteiger partial charge in [0.1, 0.15) is 22.9 Å². The Hall–Kier alpha value is -3.69. The van der Waals surface area contributed by atoms with E-state index in [1.807, 2.05) is 48.5 Å². The van der Waals surface area contributed by atoms with E-state index >= 15 is 0 Å². The SMILES string of the molecule is COc1cc(OC)c([C@@H]2N=c3ccccc3=C3C(=O)NC(SCc4ccc(Cl)cc4)=NN32)c(OC)c1. The predicted octanol–water partition coefficient (Wildman–Crippen LogP) is 3.44. The van der Waals surface area contributed by atoms with Crippen LogP contribution >= 0.6 is 23.4 Å². The van der Waals surface area contributed by atoms with Crippen molar-refractivity contribution in [2.45, 2.75) is 11.9 Å². The van der Waals surface area contributed by atoms with Gasteiger partial charge in [0.25, 0.3) is 5.91 Å². The van der Waals surface area contributed by atoms with Gasteiger partial charge in [0.15, 0.2) is 11.3 Å². The van der Waals surface area contributed by atoms with Crippen LogP contribution in [0.3, 0.4) is 0 Å². The summed E-state index contributed by atoms with van der Waals surface area (Å²) in [5.41, 5.74) is 2.09. The number of carbonyl (C=O) groups is 1. The first-order valence-electron chi connectivity index (χ1n) is 11.1. The fraction of sp³-hybridized carbons (Fsp3) is 0.192. The molecule has 0 aromatic heterocycles. The lowest BCUT2D eigenvalue weighted by molar-refractivity contribution is -0.116. The molecule has 3 aromatic carbocycles. The molecule has 2 aliphatic heterocycles. The number of nitrogens with one attached hydrogen (secondary N) is 1. The van der Waals surface area contributed by atoms with Crippen LogP contribution in [0.15, 0.2) is 70.8 Å². The van der Waals surface area contributed by atoms with Crippen molar-refractivity contribution < 1.29 is 19.0 Å². The number of para-hydroxylation sites is 1. The van der Waals surface area contributed by atoms with Gasteiger partial charge in [0.2, 0.25) is 0 Å². The number of nitrogens with zero attached hydrogens (tertiary/aromatic N) is 3. The first kappa shape index (κ1) is 24.0. The zero-order chi connectivity index (χ0) is 25.2. The summed E-state index contributed by atoms with van der Waals surface area (Å²) in [5.74, 6) is 1.94. The zero-order valence-corrected chi connectivity index (χ0v) is 21.4. The Balaban J connectivity index is 1.63. The van der Waals surface area contributed by atoms with Gasteiger partial charge in [0.05, 0.1) is 32.3 Å². The lowest BCUT2D eigenvalue weighted by Gasteiger charge is -2.35. The molecule has 0 fully saturated rings. The molecule has 5 rings (SSSR count). The predicted molar refractivity (Wildman–Crippen MR) is 140 cm³/mol. The molecule has 0 bridgehead atoms. The van der Waals surface area contributed by atoms with E-state index in [1.54, 1.807) is 38.5 Å². The monoisotopic (exact) mass is 522 g/mol. The summed E-state index contributed by atoms with van der Waals surface area (Å²) in [5, 5.41) is 11.9. The van der Waals surface area contributed by atoms with E-state index in [9.17, 15) is 4.79 Å². The number of benzene rings is 3. The molecule has 0 spiro atoms. The molecule has 0 saturated carbocycles. The molecule has 2 aliphatic rings. The molecule has 36 heavy (non-hydrogen) atoms. The van der Waals surface area contributed by atoms with Crippen molar-refractivity contribution in [3.05, 3.63) is 87.4 Å². The van der Waals surface area contributed by atoms with Crippen LogP contribution in [0.5, 0.6) is 17.2 Å². The summed E-state index contributed by atoms with van der Waals surface area (Å²) in [6.45, 7) is 0. The van der Waals surface area contributed by atoms with E-state index in [1.165, 1.54) is 11.8 Å². The molecule has 0 saturated heterocycles. The number of amidine groups is 1. The zero-order valence-electron chi connectivity index (χ0n) is 19.8. The number of thioether (sulfide) groups is 1. The van der Waals surface area contributed by atoms with Crippen molar-refractivity contribution in [2.75, 3.05) is 21.3 Å². The third-order valence-electron chi connectivity index (χ3n) is 5.82. The van der Waals surface area contributed by atoms with Gasteiger partial charge < -0.3 is 14.2 Å². The first-order chi connectivity index (χ1) is 17.5. The number of hydrazone groups is 1. The average molecular weight is 523 g/mol. The van der Waals surface area contributed by atoms with Gasteiger partial charge in [-0.1, -0.05) is 53.7 Å². The molecule has 1 amide bonds. The second-order valence-electron chi connectivity index (χ2n) is 7.93. The number of ether oxygens (including phenoxy) is 3. The van der Waals surface area contributed by atoms with E-state index in [4.69, 9.17) is 35.9 Å². The molecule has 0 aliphatic carbocycles. The number of hydrogen-bond donors (Lipinski definition) is 1. The summed E-state index contributed by atoms with van der Waals surface area (Å²) >= 11 is 7.42. The molecular formula is C26H23ClN4O4S. The Morgan fingerprint density at radius 1 is 1.00 bits per heavy atom. The molecule has 10 heteroatoms. The standard InChI is InChI=1S/C26H23ClN4O4S/c1-33-17-12-20(34-2)22(21(13-17)35-3)24-28-19-7-5-4-6-18(19)23-25(32)29-26(30-31(23)24)36-14-15-8-10-16(27)11-9-15/h4-13,24H,14H2,1-3H3,(H,29,30,32)/t24-/m1/s1. The summed E-state index contributed by atoms with van der Waals surface area (Å²) in [7, 11) is 4.71. The number of carbonyl (C=O) groups excluding carboxylic acids is 1. The second kappa shape index (κ2) is 10.1. The van der Waals surface area contributed by atoms with Crippen LogP contribution in [0.1, 0.15) is 17.3 Å². The van der Waals surface area contributed by atoms with Crippen LogP contribution in [0.2, 0.25) is 5.02 Å². The minimum Gasteiger partial charge on any atom is -0.496 e. The van der Waals surface area contributed by atoms with Crippen LogP contribution < -0.4 is 30.1 Å². The third-order valence-corrected chi connectivity index (χ3v) is 7.00. The van der Waals surface area contributed by atoms with Gasteiger partial charge in [0, 0.05) is 28.1 Å². The molecule has 8 nitrogen and oxygen atoms in total. The Morgan fingerprint density at radius 3 is 2.36 bits per heavy atom. The number of hydrogen-bond acceptors (Lipinski definition) is 8. The van der Waals surface area contributed by atoms with Gasteiger partial charge in [-0.15, -0.1) is 5.10 Å². The van der Waals surface area contributed by atoms with Crippen molar-refractivity contribution in [3.63, 3.8) is 0 Å². The molecule has 0 radical (unpaired) electrons. The first-order valence-corrected chi connectivity index (χ1v) is 12.4. The van der Waals surface area contributed by atoms with E-state index in [0.29, 0.717) is 55.0 Å². The van der Waals surface area contributed by atoms with Crippen LogP contribution in [0.4, 0.5) is 0 Å². The molecular weight excluding hydrogens is 500 g/mol. The Kier molecular flexibility index (Phi) is 6.75. The Bertz CT molecular complexity index is 1450. The van der Waals surface area contributed by atoms with Crippen molar-refractivity contribution in [2.24, 2.45) is 10.1 Å². The highest BCUT2D eigenvalue weighted by Crippen LogP contribution is 2.43. The molecule has 2 heterocycles. The molecule has 1 atom stereocenters. The maximum atomic E-state index is 13.4.